The molecular weight excluding hydrogens is 314 g/mol. The van der Waals surface area contributed by atoms with Crippen LogP contribution in [0.1, 0.15) is 19.2 Å². The maximum Gasteiger partial charge on any atom is 0.130 e. The summed E-state index contributed by atoms with van der Waals surface area (Å²) in [6, 6.07) is 10.2. The third-order valence-corrected chi connectivity index (χ3v) is 3.58. The number of rotatable bonds is 3. The fourth-order valence-electron chi connectivity index (χ4n) is 2.27. The molecule has 100 valence electrons. The van der Waals surface area contributed by atoms with Crippen molar-refractivity contribution in [3.05, 3.63) is 53.2 Å². The highest BCUT2D eigenvalue weighted by molar-refractivity contribution is 9.10. The standard InChI is InChI=1S/C16H14BrN3/c1-2-4-16-19-14(9-15(17)20-16)12-6-3-5-11-7-8-18-10-13(11)12/h3,5-10H,2,4H2,1H3. The van der Waals surface area contributed by atoms with Crippen LogP contribution < -0.4 is 0 Å². The van der Waals surface area contributed by atoms with Crippen LogP contribution in [0.2, 0.25) is 0 Å². The van der Waals surface area contributed by atoms with Gasteiger partial charge in [-0.2, -0.15) is 0 Å². The summed E-state index contributed by atoms with van der Waals surface area (Å²) < 4.78 is 0.826. The van der Waals surface area contributed by atoms with Gasteiger partial charge in [0.15, 0.2) is 0 Å². The lowest BCUT2D eigenvalue weighted by Crippen LogP contribution is -1.97. The van der Waals surface area contributed by atoms with Crippen molar-refractivity contribution in [2.75, 3.05) is 0 Å². The molecule has 0 saturated heterocycles. The van der Waals surface area contributed by atoms with E-state index in [-0.39, 0.29) is 0 Å². The average Bonchev–Trinajstić information content (AvgIpc) is 2.46. The van der Waals surface area contributed by atoms with Crippen LogP contribution in [-0.4, -0.2) is 15.0 Å². The van der Waals surface area contributed by atoms with Crippen molar-refractivity contribution in [2.24, 2.45) is 0 Å². The van der Waals surface area contributed by atoms with Gasteiger partial charge in [0.05, 0.1) is 5.69 Å². The number of fused-ring (bicyclic) bond motifs is 1. The van der Waals surface area contributed by atoms with Gasteiger partial charge in [-0.1, -0.05) is 25.1 Å². The maximum absolute atomic E-state index is 4.67. The Morgan fingerprint density at radius 3 is 2.90 bits per heavy atom. The molecule has 2 aromatic heterocycles. The van der Waals surface area contributed by atoms with Gasteiger partial charge in [0, 0.05) is 29.8 Å². The van der Waals surface area contributed by atoms with Crippen molar-refractivity contribution in [3.8, 4) is 11.3 Å². The van der Waals surface area contributed by atoms with Crippen LogP contribution in [-0.2, 0) is 6.42 Å². The van der Waals surface area contributed by atoms with Crippen LogP contribution in [0.25, 0.3) is 22.0 Å². The second kappa shape index (κ2) is 5.67. The molecule has 3 rings (SSSR count). The fraction of sp³-hybridized carbons (Fsp3) is 0.188. The van der Waals surface area contributed by atoms with E-state index in [4.69, 9.17) is 0 Å². The minimum atomic E-state index is 0.826. The third kappa shape index (κ3) is 2.56. The number of pyridine rings is 1. The van der Waals surface area contributed by atoms with Crippen LogP contribution in [0.4, 0.5) is 0 Å². The lowest BCUT2D eigenvalue weighted by molar-refractivity contribution is 0.831. The Bertz CT molecular complexity index is 750. The van der Waals surface area contributed by atoms with E-state index in [1.165, 1.54) is 5.39 Å². The smallest absolute Gasteiger partial charge is 0.130 e. The fourth-order valence-corrected chi connectivity index (χ4v) is 2.70. The summed E-state index contributed by atoms with van der Waals surface area (Å²) in [4.78, 5) is 13.3. The zero-order valence-corrected chi connectivity index (χ0v) is 12.8. The SMILES string of the molecule is CCCc1nc(Br)cc(-c2cccc3ccncc23)n1. The van der Waals surface area contributed by atoms with E-state index in [1.807, 2.05) is 30.6 Å². The molecule has 0 amide bonds. The van der Waals surface area contributed by atoms with Crippen LogP contribution in [0, 0.1) is 0 Å². The Morgan fingerprint density at radius 2 is 2.05 bits per heavy atom. The molecule has 3 aromatic rings. The number of aromatic nitrogens is 3. The van der Waals surface area contributed by atoms with Gasteiger partial charge in [-0.25, -0.2) is 9.97 Å². The van der Waals surface area contributed by atoms with Crippen LogP contribution in [0.3, 0.4) is 0 Å². The summed E-state index contributed by atoms with van der Waals surface area (Å²) in [5.41, 5.74) is 2.03. The molecule has 0 atom stereocenters. The largest absolute Gasteiger partial charge is 0.264 e. The van der Waals surface area contributed by atoms with Gasteiger partial charge >= 0.3 is 0 Å². The van der Waals surface area contributed by atoms with E-state index in [0.29, 0.717) is 0 Å². The highest BCUT2D eigenvalue weighted by Gasteiger charge is 2.08. The summed E-state index contributed by atoms with van der Waals surface area (Å²) in [7, 11) is 0. The average molecular weight is 328 g/mol. The predicted octanol–water partition coefficient (Wildman–Crippen LogP) is 4.41. The first kappa shape index (κ1) is 13.2. The maximum atomic E-state index is 4.67. The predicted molar refractivity (Wildman–Crippen MR) is 84.5 cm³/mol. The lowest BCUT2D eigenvalue weighted by Gasteiger charge is -2.08. The van der Waals surface area contributed by atoms with Crippen LogP contribution in [0.5, 0.6) is 0 Å². The van der Waals surface area contributed by atoms with Gasteiger partial charge in [0.2, 0.25) is 0 Å². The Balaban J connectivity index is 2.20. The quantitative estimate of drug-likeness (QED) is 0.669. The minimum absolute atomic E-state index is 0.826. The zero-order valence-electron chi connectivity index (χ0n) is 11.2. The van der Waals surface area contributed by atoms with Crippen LogP contribution >= 0.6 is 15.9 Å². The molecule has 0 spiro atoms. The van der Waals surface area contributed by atoms with Gasteiger partial charge < -0.3 is 0 Å². The van der Waals surface area contributed by atoms with Crippen molar-refractivity contribution in [1.29, 1.82) is 0 Å². The van der Waals surface area contributed by atoms with E-state index in [1.54, 1.807) is 0 Å². The number of hydrogen-bond donors (Lipinski definition) is 0. The second-order valence-corrected chi connectivity index (χ2v) is 5.46. The highest BCUT2D eigenvalue weighted by Crippen LogP contribution is 2.28. The van der Waals surface area contributed by atoms with E-state index in [2.05, 4.69) is 49.9 Å². The van der Waals surface area contributed by atoms with Crippen molar-refractivity contribution in [1.82, 2.24) is 15.0 Å². The molecule has 0 bridgehead atoms. The Hall–Kier alpha value is -1.81. The second-order valence-electron chi connectivity index (χ2n) is 4.64. The molecule has 1 aromatic carbocycles. The topological polar surface area (TPSA) is 38.7 Å². The van der Waals surface area contributed by atoms with Gasteiger partial charge in [-0.05, 0) is 39.9 Å². The first-order chi connectivity index (χ1) is 9.78. The molecule has 2 heterocycles. The van der Waals surface area contributed by atoms with Crippen molar-refractivity contribution in [3.63, 3.8) is 0 Å². The molecule has 0 unspecified atom stereocenters. The molecule has 0 radical (unpaired) electrons. The summed E-state index contributed by atoms with van der Waals surface area (Å²) in [5, 5.41) is 2.28. The summed E-state index contributed by atoms with van der Waals surface area (Å²) in [6.45, 7) is 2.13. The Kier molecular flexibility index (Phi) is 3.74. The molecule has 0 aliphatic carbocycles. The molecule has 0 saturated carbocycles. The number of halogens is 1. The van der Waals surface area contributed by atoms with Gasteiger partial charge in [0.25, 0.3) is 0 Å². The summed E-state index contributed by atoms with van der Waals surface area (Å²) in [5.74, 6) is 0.873. The molecule has 0 N–H and O–H groups in total. The van der Waals surface area contributed by atoms with Gasteiger partial charge in [-0.3, -0.25) is 4.98 Å². The number of benzene rings is 1. The number of nitrogens with zero attached hydrogens (tertiary/aromatic N) is 3. The summed E-state index contributed by atoms with van der Waals surface area (Å²) in [6.07, 6.45) is 5.62. The van der Waals surface area contributed by atoms with E-state index in [9.17, 15) is 0 Å². The number of hydrogen-bond acceptors (Lipinski definition) is 3. The molecular formula is C16H14BrN3. The van der Waals surface area contributed by atoms with Gasteiger partial charge in [-0.15, -0.1) is 0 Å². The first-order valence-corrected chi connectivity index (χ1v) is 7.44. The molecule has 0 fully saturated rings. The van der Waals surface area contributed by atoms with Crippen molar-refractivity contribution in [2.45, 2.75) is 19.8 Å². The lowest BCUT2D eigenvalue weighted by atomic mass is 10.0. The zero-order chi connectivity index (χ0) is 13.9. The molecule has 20 heavy (non-hydrogen) atoms. The van der Waals surface area contributed by atoms with E-state index >= 15 is 0 Å². The molecule has 4 heteroatoms. The Labute approximate surface area is 126 Å². The Morgan fingerprint density at radius 1 is 1.15 bits per heavy atom. The summed E-state index contributed by atoms with van der Waals surface area (Å²) >= 11 is 3.48. The minimum Gasteiger partial charge on any atom is -0.264 e. The molecule has 0 aliphatic heterocycles. The first-order valence-electron chi connectivity index (χ1n) is 6.64. The van der Waals surface area contributed by atoms with E-state index in [0.717, 1.165) is 39.9 Å². The normalized spacial score (nSPS) is 10.9. The highest BCUT2D eigenvalue weighted by atomic mass is 79.9. The monoisotopic (exact) mass is 327 g/mol. The van der Waals surface area contributed by atoms with Gasteiger partial charge in [0.1, 0.15) is 10.4 Å². The van der Waals surface area contributed by atoms with E-state index < -0.39 is 0 Å². The van der Waals surface area contributed by atoms with Crippen molar-refractivity contribution < 1.29 is 0 Å². The van der Waals surface area contributed by atoms with Crippen molar-refractivity contribution >= 4 is 26.7 Å². The number of aryl methyl sites for hydroxylation is 1. The van der Waals surface area contributed by atoms with Crippen LogP contribution in [0.15, 0.2) is 47.3 Å². The third-order valence-electron chi connectivity index (χ3n) is 3.17. The molecule has 3 nitrogen and oxygen atoms in total. The molecule has 0 aliphatic rings.